The number of carbonyl (C=O) groups excluding carboxylic acids is 2. The third kappa shape index (κ3) is 6.19. The lowest BCUT2D eigenvalue weighted by molar-refractivity contribution is 0.135. The maximum atomic E-state index is 12.3. The highest BCUT2D eigenvalue weighted by atomic mass is 16.6. The molecule has 7 nitrogen and oxygen atoms in total. The van der Waals surface area contributed by atoms with Crippen LogP contribution in [0, 0.1) is 0 Å². The molecule has 2 amide bonds. The summed E-state index contributed by atoms with van der Waals surface area (Å²) in [5.41, 5.74) is 5.37. The maximum Gasteiger partial charge on any atom is 0.407 e. The molecule has 180 valence electrons. The first kappa shape index (κ1) is 24.9. The number of hydrogen-bond donors (Lipinski definition) is 2. The van der Waals surface area contributed by atoms with Gasteiger partial charge in [-0.15, -0.1) is 0 Å². The quantitative estimate of drug-likeness (QED) is 0.454. The van der Waals surface area contributed by atoms with Crippen molar-refractivity contribution in [3.8, 4) is 22.4 Å². The number of hydrogen-bond acceptors (Lipinski definition) is 4. The van der Waals surface area contributed by atoms with Crippen LogP contribution in [0.3, 0.4) is 0 Å². The molecule has 0 radical (unpaired) electrons. The Morgan fingerprint density at radius 1 is 0.765 bits per heavy atom. The second-order valence-electron chi connectivity index (χ2n) is 8.69. The van der Waals surface area contributed by atoms with Gasteiger partial charge >= 0.3 is 12.2 Å². The Bertz CT molecular complexity index is 1110. The maximum absolute atomic E-state index is 12.3. The van der Waals surface area contributed by atoms with E-state index in [4.69, 9.17) is 9.47 Å². The molecule has 2 aromatic carbocycles. The molecule has 0 unspecified atom stereocenters. The van der Waals surface area contributed by atoms with Crippen molar-refractivity contribution in [2.45, 2.75) is 53.0 Å². The number of nitrogens with one attached hydrogen (secondary N) is 2. The normalized spacial score (nSPS) is 10.9. The lowest BCUT2D eigenvalue weighted by atomic mass is 9.98. The van der Waals surface area contributed by atoms with Gasteiger partial charge in [0.2, 0.25) is 0 Å². The molecular weight excluding hydrogens is 430 g/mol. The topological polar surface area (TPSA) is 81.6 Å². The molecule has 1 aromatic heterocycles. The van der Waals surface area contributed by atoms with E-state index in [1.54, 1.807) is 0 Å². The van der Waals surface area contributed by atoms with Gasteiger partial charge in [0.05, 0.1) is 11.4 Å². The summed E-state index contributed by atoms with van der Waals surface area (Å²) in [6.45, 7) is 7.66. The Labute approximate surface area is 201 Å². The van der Waals surface area contributed by atoms with Crippen LogP contribution in [-0.4, -0.2) is 28.8 Å². The second kappa shape index (κ2) is 11.4. The van der Waals surface area contributed by atoms with Gasteiger partial charge in [0, 0.05) is 30.3 Å². The largest absolute Gasteiger partial charge is 0.445 e. The SMILES string of the molecule is CC(C)NC(=O)OCc1c(-c2ccccc2)c(COC(=O)NC(C)C)n(C)c1-c1ccccc1. The van der Waals surface area contributed by atoms with Gasteiger partial charge in [0.1, 0.15) is 13.2 Å². The third-order valence-electron chi connectivity index (χ3n) is 5.23. The molecule has 0 saturated heterocycles. The standard InChI is InChI=1S/C27H33N3O4/c1-18(2)28-26(31)33-16-22-24(20-12-8-6-9-13-20)23(17-34-27(32)29-19(3)4)30(5)25(22)21-14-10-7-11-15-21/h6-15,18-19H,16-17H2,1-5H3,(H,28,31)(H,29,32). The zero-order valence-corrected chi connectivity index (χ0v) is 20.4. The molecule has 1 heterocycles. The Balaban J connectivity index is 2.11. The van der Waals surface area contributed by atoms with E-state index >= 15 is 0 Å². The fourth-order valence-corrected chi connectivity index (χ4v) is 3.84. The molecule has 0 aliphatic carbocycles. The summed E-state index contributed by atoms with van der Waals surface area (Å²) in [6.07, 6.45) is -0.962. The molecule has 3 rings (SSSR count). The Hall–Kier alpha value is -3.74. The van der Waals surface area contributed by atoms with Crippen LogP contribution in [0.1, 0.15) is 39.0 Å². The van der Waals surface area contributed by atoms with Crippen LogP contribution in [0.15, 0.2) is 60.7 Å². The third-order valence-corrected chi connectivity index (χ3v) is 5.23. The average molecular weight is 464 g/mol. The van der Waals surface area contributed by atoms with Gasteiger partial charge in [-0.1, -0.05) is 60.7 Å². The van der Waals surface area contributed by atoms with Gasteiger partial charge in [-0.05, 0) is 38.8 Å². The number of benzene rings is 2. The summed E-state index contributed by atoms with van der Waals surface area (Å²) in [5.74, 6) is 0. The highest BCUT2D eigenvalue weighted by molar-refractivity contribution is 5.81. The number of alkyl carbamates (subject to hydrolysis) is 2. The molecule has 3 aromatic rings. The molecule has 7 heteroatoms. The summed E-state index contributed by atoms with van der Waals surface area (Å²) >= 11 is 0. The van der Waals surface area contributed by atoms with E-state index in [0.29, 0.717) is 0 Å². The summed E-state index contributed by atoms with van der Waals surface area (Å²) < 4.78 is 13.2. The van der Waals surface area contributed by atoms with E-state index in [1.807, 2.05) is 100.0 Å². The van der Waals surface area contributed by atoms with Crippen LogP contribution < -0.4 is 10.6 Å². The van der Waals surface area contributed by atoms with Gasteiger partial charge in [-0.3, -0.25) is 0 Å². The van der Waals surface area contributed by atoms with E-state index in [9.17, 15) is 9.59 Å². The molecule has 0 spiro atoms. The van der Waals surface area contributed by atoms with Crippen LogP contribution in [0.2, 0.25) is 0 Å². The highest BCUT2D eigenvalue weighted by Crippen LogP contribution is 2.38. The second-order valence-corrected chi connectivity index (χ2v) is 8.69. The first-order valence-electron chi connectivity index (χ1n) is 11.5. The van der Waals surface area contributed by atoms with Gasteiger partial charge < -0.3 is 24.7 Å². The number of ether oxygens (including phenoxy) is 2. The van der Waals surface area contributed by atoms with Gasteiger partial charge in [0.25, 0.3) is 0 Å². The number of carbonyl (C=O) groups is 2. The van der Waals surface area contributed by atoms with Gasteiger partial charge in [0.15, 0.2) is 0 Å². The molecule has 0 aliphatic rings. The Kier molecular flexibility index (Phi) is 8.35. The molecule has 0 bridgehead atoms. The Morgan fingerprint density at radius 2 is 1.24 bits per heavy atom. The van der Waals surface area contributed by atoms with Gasteiger partial charge in [-0.2, -0.15) is 0 Å². The molecule has 2 N–H and O–H groups in total. The minimum absolute atomic E-state index is 0.0298. The molecule has 0 atom stereocenters. The lowest BCUT2D eigenvalue weighted by Crippen LogP contribution is -2.30. The smallest absolute Gasteiger partial charge is 0.407 e. The van der Waals surface area contributed by atoms with Crippen molar-refractivity contribution < 1.29 is 19.1 Å². The molecule has 0 fully saturated rings. The minimum atomic E-state index is -0.481. The molecule has 0 saturated carbocycles. The summed E-state index contributed by atoms with van der Waals surface area (Å²) in [6, 6.07) is 19.7. The number of aromatic nitrogens is 1. The zero-order valence-electron chi connectivity index (χ0n) is 20.4. The highest BCUT2D eigenvalue weighted by Gasteiger charge is 2.25. The van der Waals surface area contributed by atoms with Crippen molar-refractivity contribution in [2.24, 2.45) is 7.05 Å². The fourth-order valence-electron chi connectivity index (χ4n) is 3.84. The number of amides is 2. The van der Waals surface area contributed by atoms with Crippen molar-refractivity contribution in [2.75, 3.05) is 0 Å². The van der Waals surface area contributed by atoms with Crippen LogP contribution >= 0.6 is 0 Å². The molecule has 0 aliphatic heterocycles. The van der Waals surface area contributed by atoms with Crippen molar-refractivity contribution in [1.29, 1.82) is 0 Å². The van der Waals surface area contributed by atoms with Crippen LogP contribution in [-0.2, 0) is 29.7 Å². The van der Waals surface area contributed by atoms with Crippen LogP contribution in [0.25, 0.3) is 22.4 Å². The number of rotatable bonds is 8. The first-order chi connectivity index (χ1) is 16.3. The predicted molar refractivity (Wildman–Crippen MR) is 133 cm³/mol. The van der Waals surface area contributed by atoms with Gasteiger partial charge in [-0.25, -0.2) is 9.59 Å². The van der Waals surface area contributed by atoms with E-state index in [-0.39, 0.29) is 25.3 Å². The van der Waals surface area contributed by atoms with Crippen LogP contribution in [0.4, 0.5) is 9.59 Å². The van der Waals surface area contributed by atoms with E-state index in [2.05, 4.69) is 10.6 Å². The van der Waals surface area contributed by atoms with E-state index in [0.717, 1.165) is 33.6 Å². The predicted octanol–water partition coefficient (Wildman–Crippen LogP) is 5.63. The number of nitrogens with zero attached hydrogens (tertiary/aromatic N) is 1. The van der Waals surface area contributed by atoms with Crippen molar-refractivity contribution >= 4 is 12.2 Å². The molecular formula is C27H33N3O4. The van der Waals surface area contributed by atoms with Crippen molar-refractivity contribution in [1.82, 2.24) is 15.2 Å². The van der Waals surface area contributed by atoms with E-state index in [1.165, 1.54) is 0 Å². The molecule has 34 heavy (non-hydrogen) atoms. The monoisotopic (exact) mass is 463 g/mol. The Morgan fingerprint density at radius 3 is 1.74 bits per heavy atom. The fraction of sp³-hybridized carbons (Fsp3) is 0.333. The average Bonchev–Trinajstić information content (AvgIpc) is 3.07. The van der Waals surface area contributed by atoms with Crippen LogP contribution in [0.5, 0.6) is 0 Å². The lowest BCUT2D eigenvalue weighted by Gasteiger charge is -2.13. The summed E-state index contributed by atoms with van der Waals surface area (Å²) in [5, 5.41) is 5.52. The summed E-state index contributed by atoms with van der Waals surface area (Å²) in [7, 11) is 1.94. The zero-order chi connectivity index (χ0) is 24.7. The van der Waals surface area contributed by atoms with Crippen molar-refractivity contribution in [3.63, 3.8) is 0 Å². The first-order valence-corrected chi connectivity index (χ1v) is 11.5. The summed E-state index contributed by atoms with van der Waals surface area (Å²) in [4.78, 5) is 24.6. The minimum Gasteiger partial charge on any atom is -0.445 e. The van der Waals surface area contributed by atoms with Crippen molar-refractivity contribution in [3.05, 3.63) is 71.9 Å². The van der Waals surface area contributed by atoms with E-state index < -0.39 is 12.2 Å².